The summed E-state index contributed by atoms with van der Waals surface area (Å²) in [6, 6.07) is 19.6. The largest absolute Gasteiger partial charge is 0.205 e. The van der Waals surface area contributed by atoms with Gasteiger partial charge in [-0.2, -0.15) is 0 Å². The van der Waals surface area contributed by atoms with Crippen LogP contribution in [0.1, 0.15) is 52.6 Å². The Morgan fingerprint density at radius 3 is 2.00 bits per heavy atom. The maximum Gasteiger partial charge on any atom is 0.147 e. The summed E-state index contributed by atoms with van der Waals surface area (Å²) in [7, 11) is 0. The van der Waals surface area contributed by atoms with Crippen molar-refractivity contribution >= 4 is 28.2 Å². The lowest BCUT2D eigenvalue weighted by Crippen LogP contribution is -1.97. The molecule has 0 spiro atoms. The third kappa shape index (κ3) is 4.84. The number of benzene rings is 3. The molecule has 0 aliphatic heterocycles. The summed E-state index contributed by atoms with van der Waals surface area (Å²) >= 11 is 2.27. The Morgan fingerprint density at radius 1 is 0.767 bits per heavy atom. The normalized spacial score (nSPS) is 12.4. The summed E-state index contributed by atoms with van der Waals surface area (Å²) in [6.45, 7) is 2.04. The molecule has 0 aromatic heterocycles. The number of rotatable bonds is 1. The van der Waals surface area contributed by atoms with Gasteiger partial charge in [0, 0.05) is 25.8 Å². The van der Waals surface area contributed by atoms with Gasteiger partial charge in [-0.05, 0) is 103 Å². The SMILES string of the molecule is Cc1ccc(C#Cc2ccc(C#Cc3ccc(I)cc3)c(C3=CCCC3)c2F)cc1. The van der Waals surface area contributed by atoms with Crippen LogP contribution in [0.25, 0.3) is 5.57 Å². The lowest BCUT2D eigenvalue weighted by Gasteiger charge is -2.09. The van der Waals surface area contributed by atoms with Crippen molar-refractivity contribution in [1.29, 1.82) is 0 Å². The van der Waals surface area contributed by atoms with E-state index in [1.54, 1.807) is 6.07 Å². The van der Waals surface area contributed by atoms with Crippen LogP contribution in [0.4, 0.5) is 4.39 Å². The Morgan fingerprint density at radius 2 is 1.37 bits per heavy atom. The van der Waals surface area contributed by atoms with Crippen LogP contribution >= 0.6 is 22.6 Å². The van der Waals surface area contributed by atoms with Crippen LogP contribution in [0.2, 0.25) is 0 Å². The summed E-state index contributed by atoms with van der Waals surface area (Å²) in [5, 5.41) is 0. The first-order valence-corrected chi connectivity index (χ1v) is 11.1. The molecule has 0 saturated heterocycles. The third-order valence-corrected chi connectivity index (χ3v) is 5.80. The van der Waals surface area contributed by atoms with Crippen molar-refractivity contribution in [3.63, 3.8) is 0 Å². The van der Waals surface area contributed by atoms with E-state index in [4.69, 9.17) is 0 Å². The van der Waals surface area contributed by atoms with Crippen molar-refractivity contribution in [2.75, 3.05) is 0 Å². The van der Waals surface area contributed by atoms with Crippen molar-refractivity contribution in [1.82, 2.24) is 0 Å². The Bertz CT molecular complexity index is 1220. The lowest BCUT2D eigenvalue weighted by molar-refractivity contribution is 0.619. The fourth-order valence-corrected chi connectivity index (χ4v) is 3.80. The minimum atomic E-state index is -0.267. The fourth-order valence-electron chi connectivity index (χ4n) is 3.44. The van der Waals surface area contributed by atoms with E-state index in [0.717, 1.165) is 45.1 Å². The second-order valence-electron chi connectivity index (χ2n) is 7.34. The minimum Gasteiger partial charge on any atom is -0.205 e. The third-order valence-electron chi connectivity index (χ3n) is 5.08. The van der Waals surface area contributed by atoms with Crippen LogP contribution < -0.4 is 0 Å². The maximum absolute atomic E-state index is 15.5. The van der Waals surface area contributed by atoms with Crippen molar-refractivity contribution in [3.8, 4) is 23.7 Å². The van der Waals surface area contributed by atoms with Crippen LogP contribution in [0, 0.1) is 40.0 Å². The second-order valence-corrected chi connectivity index (χ2v) is 8.59. The molecule has 2 heteroatoms. The molecule has 0 unspecified atom stereocenters. The minimum absolute atomic E-state index is 0.267. The van der Waals surface area contributed by atoms with Gasteiger partial charge in [0.15, 0.2) is 0 Å². The molecule has 0 atom stereocenters. The zero-order valence-corrected chi connectivity index (χ0v) is 18.9. The van der Waals surface area contributed by atoms with Crippen LogP contribution in [-0.2, 0) is 0 Å². The van der Waals surface area contributed by atoms with E-state index >= 15 is 4.39 Å². The number of allylic oxidation sites excluding steroid dienone is 2. The zero-order chi connectivity index (χ0) is 20.9. The standard InChI is InChI=1S/C28H20FI/c1-20-6-8-21(9-7-20)11-15-25-17-16-24(14-10-22-12-18-26(30)19-13-22)27(28(25)29)23-4-2-3-5-23/h4,6-9,12-13,16-19H,2-3,5H2,1H3. The van der Waals surface area contributed by atoms with Gasteiger partial charge >= 0.3 is 0 Å². The number of aryl methyl sites for hydroxylation is 1. The van der Waals surface area contributed by atoms with Crippen LogP contribution in [0.5, 0.6) is 0 Å². The van der Waals surface area contributed by atoms with E-state index in [1.165, 1.54) is 5.56 Å². The van der Waals surface area contributed by atoms with Gasteiger partial charge in [0.25, 0.3) is 0 Å². The highest BCUT2D eigenvalue weighted by Crippen LogP contribution is 2.33. The topological polar surface area (TPSA) is 0 Å². The molecule has 4 rings (SSSR count). The molecule has 1 aliphatic carbocycles. The summed E-state index contributed by atoms with van der Waals surface area (Å²) < 4.78 is 16.7. The van der Waals surface area contributed by atoms with E-state index in [2.05, 4.69) is 52.3 Å². The average molecular weight is 502 g/mol. The molecule has 30 heavy (non-hydrogen) atoms. The van der Waals surface area contributed by atoms with E-state index in [9.17, 15) is 0 Å². The number of hydrogen-bond donors (Lipinski definition) is 0. The molecule has 0 amide bonds. The lowest BCUT2D eigenvalue weighted by atomic mass is 9.95. The molecule has 0 radical (unpaired) electrons. The molecule has 0 heterocycles. The Labute approximate surface area is 191 Å². The van der Waals surface area contributed by atoms with Gasteiger partial charge in [0.05, 0.1) is 5.56 Å². The summed E-state index contributed by atoms with van der Waals surface area (Å²) in [6.07, 6.45) is 5.05. The summed E-state index contributed by atoms with van der Waals surface area (Å²) in [4.78, 5) is 0. The van der Waals surface area contributed by atoms with Crippen molar-refractivity contribution in [2.45, 2.75) is 26.2 Å². The van der Waals surface area contributed by atoms with Gasteiger partial charge in [0.1, 0.15) is 5.82 Å². The summed E-state index contributed by atoms with van der Waals surface area (Å²) in [5.74, 6) is 12.2. The van der Waals surface area contributed by atoms with E-state index in [0.29, 0.717) is 11.1 Å². The highest BCUT2D eigenvalue weighted by atomic mass is 127. The van der Waals surface area contributed by atoms with Gasteiger partial charge in [0.2, 0.25) is 0 Å². The van der Waals surface area contributed by atoms with Gasteiger partial charge in [-0.3, -0.25) is 0 Å². The smallest absolute Gasteiger partial charge is 0.147 e. The van der Waals surface area contributed by atoms with E-state index in [-0.39, 0.29) is 5.82 Å². The fraction of sp³-hybridized carbons (Fsp3) is 0.143. The van der Waals surface area contributed by atoms with Crippen molar-refractivity contribution in [2.24, 2.45) is 0 Å². The van der Waals surface area contributed by atoms with Gasteiger partial charge in [-0.25, -0.2) is 4.39 Å². The monoisotopic (exact) mass is 502 g/mol. The first kappa shape index (κ1) is 20.5. The highest BCUT2D eigenvalue weighted by molar-refractivity contribution is 14.1. The summed E-state index contributed by atoms with van der Waals surface area (Å²) in [5.41, 5.74) is 5.77. The van der Waals surface area contributed by atoms with Crippen molar-refractivity contribution < 1.29 is 4.39 Å². The number of hydrogen-bond acceptors (Lipinski definition) is 0. The number of halogens is 2. The molecule has 3 aromatic carbocycles. The van der Waals surface area contributed by atoms with Crippen molar-refractivity contribution in [3.05, 3.63) is 110 Å². The predicted molar refractivity (Wildman–Crippen MR) is 131 cm³/mol. The zero-order valence-electron chi connectivity index (χ0n) is 16.7. The Kier molecular flexibility index (Phi) is 6.36. The highest BCUT2D eigenvalue weighted by Gasteiger charge is 2.18. The molecule has 0 fully saturated rings. The average Bonchev–Trinajstić information content (AvgIpc) is 3.28. The molecule has 3 aromatic rings. The molecule has 1 aliphatic rings. The van der Waals surface area contributed by atoms with Gasteiger partial charge < -0.3 is 0 Å². The second kappa shape index (κ2) is 9.33. The predicted octanol–water partition coefficient (Wildman–Crippen LogP) is 7.11. The molecular weight excluding hydrogens is 482 g/mol. The quantitative estimate of drug-likeness (QED) is 0.246. The van der Waals surface area contributed by atoms with Crippen LogP contribution in [-0.4, -0.2) is 0 Å². The Hall–Kier alpha value is -2.82. The maximum atomic E-state index is 15.5. The first-order valence-electron chi connectivity index (χ1n) is 9.98. The van der Waals surface area contributed by atoms with E-state index < -0.39 is 0 Å². The Balaban J connectivity index is 1.74. The van der Waals surface area contributed by atoms with Gasteiger partial charge in [-0.1, -0.05) is 47.5 Å². The molecule has 146 valence electrons. The van der Waals surface area contributed by atoms with E-state index in [1.807, 2.05) is 61.5 Å². The molecule has 0 bridgehead atoms. The van der Waals surface area contributed by atoms with Crippen LogP contribution in [0.3, 0.4) is 0 Å². The van der Waals surface area contributed by atoms with Gasteiger partial charge in [-0.15, -0.1) is 0 Å². The molecule has 0 nitrogen and oxygen atoms in total. The first-order chi connectivity index (χ1) is 14.6. The molecule has 0 saturated carbocycles. The molecular formula is C28H20FI. The van der Waals surface area contributed by atoms with Crippen LogP contribution in [0.15, 0.2) is 66.7 Å². The molecule has 0 N–H and O–H groups in total.